The van der Waals surface area contributed by atoms with Crippen LogP contribution in [0.4, 0.5) is 0 Å². The first kappa shape index (κ1) is 70.1. The van der Waals surface area contributed by atoms with Gasteiger partial charge >= 0.3 is 5.97 Å². The molecule has 0 radical (unpaired) electrons. The van der Waals surface area contributed by atoms with E-state index in [0.29, 0.717) is 12.8 Å². The van der Waals surface area contributed by atoms with Crippen molar-refractivity contribution in [2.24, 2.45) is 0 Å². The van der Waals surface area contributed by atoms with Crippen LogP contribution in [0.25, 0.3) is 0 Å². The Kier molecular flexibility index (Phi) is 48.5. The van der Waals surface area contributed by atoms with Gasteiger partial charge in [0.05, 0.1) is 25.4 Å². The van der Waals surface area contributed by atoms with Crippen LogP contribution >= 0.6 is 0 Å². The maximum absolute atomic E-state index is 13.4. The molecule has 0 aromatic rings. The molecule has 1 heterocycles. The number of carbonyl (C=O) groups is 2. The van der Waals surface area contributed by atoms with Gasteiger partial charge in [0.25, 0.3) is 0 Å². The van der Waals surface area contributed by atoms with Crippen molar-refractivity contribution in [3.63, 3.8) is 0 Å². The van der Waals surface area contributed by atoms with Crippen LogP contribution in [0, 0.1) is 0 Å². The topological polar surface area (TPSA) is 175 Å². The summed E-state index contributed by atoms with van der Waals surface area (Å²) in [6, 6.07) is -1.04. The highest BCUT2D eigenvalue weighted by atomic mass is 16.7. The summed E-state index contributed by atoms with van der Waals surface area (Å²) in [7, 11) is 0. The van der Waals surface area contributed by atoms with Crippen LogP contribution in [-0.4, -0.2) is 99.6 Å². The van der Waals surface area contributed by atoms with Gasteiger partial charge in [-0.2, -0.15) is 0 Å². The number of nitrogens with one attached hydrogen (secondary N) is 1. The van der Waals surface area contributed by atoms with Gasteiger partial charge in [0.1, 0.15) is 24.4 Å². The van der Waals surface area contributed by atoms with Gasteiger partial charge in [-0.25, -0.2) is 0 Å². The molecule has 1 rings (SSSR count). The Hall–Kier alpha value is -2.90. The molecule has 8 unspecified atom stereocenters. The van der Waals surface area contributed by atoms with Crippen molar-refractivity contribution in [2.45, 2.75) is 307 Å². The molecule has 8 atom stereocenters. The molecule has 11 heteroatoms. The van der Waals surface area contributed by atoms with Crippen molar-refractivity contribution in [1.29, 1.82) is 0 Å². The normalized spacial score (nSPS) is 19.7. The fraction of sp³-hybridized carbons (Fsp3) is 0.781. The first-order chi connectivity index (χ1) is 36.7. The van der Waals surface area contributed by atoms with Crippen LogP contribution in [0.1, 0.15) is 258 Å². The van der Waals surface area contributed by atoms with Crippen LogP contribution in [0.2, 0.25) is 0 Å². The van der Waals surface area contributed by atoms with Gasteiger partial charge < -0.3 is 45.1 Å². The molecule has 0 spiro atoms. The lowest BCUT2D eigenvalue weighted by Gasteiger charge is -2.41. The summed E-state index contributed by atoms with van der Waals surface area (Å²) in [5, 5.41) is 56.9. The quantitative estimate of drug-likeness (QED) is 0.0195. The van der Waals surface area contributed by atoms with E-state index < -0.39 is 67.4 Å². The van der Waals surface area contributed by atoms with E-state index in [4.69, 9.17) is 14.2 Å². The van der Waals surface area contributed by atoms with E-state index in [1.165, 1.54) is 128 Å². The molecule has 1 aliphatic rings. The SMILES string of the molecule is CC/C=C/C/C=C/C/C=C/CCCCCC(O)C(=O)NC(COC1OC(CO)C(O)C(O)C1OC(=O)CCCCCCCCCCCCC/C=C\C/C=C\CCCCC)C(O)/C=C/CCCCCCCCCCCC. The number of hydrogen-bond donors (Lipinski definition) is 6. The van der Waals surface area contributed by atoms with Gasteiger partial charge in [-0.1, -0.05) is 235 Å². The molecule has 1 saturated heterocycles. The van der Waals surface area contributed by atoms with Gasteiger partial charge in [-0.05, 0) is 89.9 Å². The van der Waals surface area contributed by atoms with Gasteiger partial charge in [0.15, 0.2) is 12.4 Å². The molecular formula is C64H113NO10. The number of carbonyl (C=O) groups excluding carboxylic acids is 2. The van der Waals surface area contributed by atoms with Crippen molar-refractivity contribution in [3.05, 3.63) is 72.9 Å². The lowest BCUT2D eigenvalue weighted by atomic mass is 9.99. The van der Waals surface area contributed by atoms with Gasteiger partial charge in [-0.3, -0.25) is 9.59 Å². The third kappa shape index (κ3) is 40.0. The lowest BCUT2D eigenvalue weighted by Crippen LogP contribution is -2.61. The zero-order valence-corrected chi connectivity index (χ0v) is 47.9. The summed E-state index contributed by atoms with van der Waals surface area (Å²) in [5.74, 6) is -1.22. The van der Waals surface area contributed by atoms with Crippen molar-refractivity contribution in [3.8, 4) is 0 Å². The van der Waals surface area contributed by atoms with E-state index in [9.17, 15) is 35.1 Å². The molecule has 0 saturated carbocycles. The number of rotatable bonds is 51. The van der Waals surface area contributed by atoms with Crippen LogP contribution in [-0.2, 0) is 23.8 Å². The Morgan fingerprint density at radius 1 is 0.533 bits per heavy atom. The van der Waals surface area contributed by atoms with Crippen LogP contribution in [0.5, 0.6) is 0 Å². The molecule has 0 bridgehead atoms. The van der Waals surface area contributed by atoms with Gasteiger partial charge in [0, 0.05) is 6.42 Å². The number of aliphatic hydroxyl groups is 5. The maximum atomic E-state index is 13.4. The Morgan fingerprint density at radius 3 is 1.47 bits per heavy atom. The number of ether oxygens (including phenoxy) is 3. The summed E-state index contributed by atoms with van der Waals surface area (Å²) < 4.78 is 17.6. The minimum absolute atomic E-state index is 0.116. The summed E-state index contributed by atoms with van der Waals surface area (Å²) >= 11 is 0. The molecule has 1 amide bonds. The average molecular weight is 1060 g/mol. The monoisotopic (exact) mass is 1060 g/mol. The predicted octanol–water partition coefficient (Wildman–Crippen LogP) is 14.4. The highest BCUT2D eigenvalue weighted by Gasteiger charge is 2.47. The number of unbranched alkanes of at least 4 members (excludes halogenated alkanes) is 27. The summed E-state index contributed by atoms with van der Waals surface area (Å²) in [6.07, 6.45) is 55.1. The van der Waals surface area contributed by atoms with Gasteiger partial charge in [0.2, 0.25) is 5.91 Å². The smallest absolute Gasteiger partial charge is 0.306 e. The number of aliphatic hydroxyl groups excluding tert-OH is 5. The molecular weight excluding hydrogens is 943 g/mol. The Bertz CT molecular complexity index is 1490. The number of hydrogen-bond acceptors (Lipinski definition) is 10. The van der Waals surface area contributed by atoms with Crippen molar-refractivity contribution < 1.29 is 49.3 Å². The maximum Gasteiger partial charge on any atom is 0.306 e. The lowest BCUT2D eigenvalue weighted by molar-refractivity contribution is -0.305. The molecule has 1 fully saturated rings. The van der Waals surface area contributed by atoms with E-state index in [1.807, 2.05) is 6.08 Å². The second-order valence-electron chi connectivity index (χ2n) is 21.0. The Labute approximate surface area is 458 Å². The summed E-state index contributed by atoms with van der Waals surface area (Å²) in [6.45, 7) is 5.63. The predicted molar refractivity (Wildman–Crippen MR) is 310 cm³/mol. The average Bonchev–Trinajstić information content (AvgIpc) is 3.41. The third-order valence-electron chi connectivity index (χ3n) is 14.1. The molecule has 0 aromatic heterocycles. The first-order valence-corrected chi connectivity index (χ1v) is 30.7. The Balaban J connectivity index is 2.66. The molecule has 0 aromatic carbocycles. The summed E-state index contributed by atoms with van der Waals surface area (Å²) in [4.78, 5) is 26.5. The molecule has 75 heavy (non-hydrogen) atoms. The second-order valence-corrected chi connectivity index (χ2v) is 21.0. The molecule has 0 aliphatic carbocycles. The largest absolute Gasteiger partial charge is 0.454 e. The van der Waals surface area contributed by atoms with E-state index in [0.717, 1.165) is 83.5 Å². The van der Waals surface area contributed by atoms with Crippen LogP contribution in [0.3, 0.4) is 0 Å². The van der Waals surface area contributed by atoms with Crippen LogP contribution in [0.15, 0.2) is 72.9 Å². The molecule has 11 nitrogen and oxygen atoms in total. The standard InChI is InChI=1S/C64H113NO10/c1-4-7-10-13-16-19-22-25-26-27-28-29-30-31-32-34-37-40-43-46-49-52-59(69)75-62-61(71)60(70)58(53-66)74-64(62)73-54-55(56(67)50-47-44-41-38-35-24-21-18-15-12-9-6-3)65-63(72)57(68)51-48-45-42-39-36-33-23-20-17-14-11-8-5-2/h8,11,16-17,19-20,25-26,33,36,47,50,55-58,60-62,64,66-68,70-71H,4-7,9-10,12-15,18,21-24,27-32,34-35,37-46,48-49,51-54H2,1-3H3,(H,65,72)/b11-8+,19-16-,20-17+,26-25-,36-33+,50-47+. The first-order valence-electron chi connectivity index (χ1n) is 30.7. The third-order valence-corrected chi connectivity index (χ3v) is 14.1. The minimum atomic E-state index is -1.62. The molecule has 1 aliphatic heterocycles. The number of esters is 1. The zero-order chi connectivity index (χ0) is 54.7. The van der Waals surface area contributed by atoms with Crippen molar-refractivity contribution >= 4 is 11.9 Å². The highest BCUT2D eigenvalue weighted by Crippen LogP contribution is 2.26. The molecule has 6 N–H and O–H groups in total. The Morgan fingerprint density at radius 2 is 0.960 bits per heavy atom. The number of allylic oxidation sites excluding steroid dienone is 11. The van der Waals surface area contributed by atoms with Crippen LogP contribution < -0.4 is 5.32 Å². The zero-order valence-electron chi connectivity index (χ0n) is 47.9. The molecule has 434 valence electrons. The number of amides is 1. The van der Waals surface area contributed by atoms with Crippen molar-refractivity contribution in [2.75, 3.05) is 13.2 Å². The van der Waals surface area contributed by atoms with E-state index in [2.05, 4.69) is 86.8 Å². The van der Waals surface area contributed by atoms with Gasteiger partial charge in [-0.15, -0.1) is 0 Å². The fourth-order valence-corrected chi connectivity index (χ4v) is 9.22. The highest BCUT2D eigenvalue weighted by molar-refractivity contribution is 5.80. The van der Waals surface area contributed by atoms with E-state index in [-0.39, 0.29) is 19.4 Å². The summed E-state index contributed by atoms with van der Waals surface area (Å²) in [5.41, 5.74) is 0. The van der Waals surface area contributed by atoms with E-state index in [1.54, 1.807) is 6.08 Å². The minimum Gasteiger partial charge on any atom is -0.454 e. The fourth-order valence-electron chi connectivity index (χ4n) is 9.22. The van der Waals surface area contributed by atoms with E-state index >= 15 is 0 Å². The van der Waals surface area contributed by atoms with Crippen molar-refractivity contribution in [1.82, 2.24) is 5.32 Å². The second kappa shape index (κ2) is 51.8.